The van der Waals surface area contributed by atoms with Gasteiger partial charge in [0.1, 0.15) is 5.82 Å². The predicted octanol–water partition coefficient (Wildman–Crippen LogP) is 0.902. The summed E-state index contributed by atoms with van der Waals surface area (Å²) in [5.74, 6) is 0.793. The summed E-state index contributed by atoms with van der Waals surface area (Å²) in [5, 5.41) is 7.14. The zero-order valence-corrected chi connectivity index (χ0v) is 12.4. The summed E-state index contributed by atoms with van der Waals surface area (Å²) in [7, 11) is 0. The van der Waals surface area contributed by atoms with Gasteiger partial charge in [-0.1, -0.05) is 13.8 Å². The number of likely N-dealkylation sites (tertiary alicyclic amines) is 1. The molecule has 0 aliphatic carbocycles. The zero-order valence-electron chi connectivity index (χ0n) is 12.4. The Kier molecular flexibility index (Phi) is 4.77. The van der Waals surface area contributed by atoms with E-state index in [-0.39, 0.29) is 11.3 Å². The third-order valence-electron chi connectivity index (χ3n) is 3.92. The van der Waals surface area contributed by atoms with Crippen LogP contribution in [0, 0.1) is 5.41 Å². The summed E-state index contributed by atoms with van der Waals surface area (Å²) in [6.07, 6.45) is 3.77. The highest BCUT2D eigenvalue weighted by atomic mass is 16.2. The highest BCUT2D eigenvalue weighted by Gasteiger charge is 2.33. The zero-order chi connectivity index (χ0) is 14.6. The highest BCUT2D eigenvalue weighted by molar-refractivity contribution is 5.91. The molecule has 6 heteroatoms. The monoisotopic (exact) mass is 279 g/mol. The Bertz CT molecular complexity index is 458. The lowest BCUT2D eigenvalue weighted by atomic mass is 9.90. The van der Waals surface area contributed by atoms with E-state index in [0.717, 1.165) is 38.3 Å². The van der Waals surface area contributed by atoms with Crippen LogP contribution in [0.25, 0.3) is 0 Å². The van der Waals surface area contributed by atoms with Crippen molar-refractivity contribution in [2.24, 2.45) is 11.1 Å². The number of hydrogen-bond acceptors (Lipinski definition) is 4. The van der Waals surface area contributed by atoms with Crippen LogP contribution in [0.5, 0.6) is 0 Å². The smallest absolute Gasteiger partial charge is 0.239 e. The fourth-order valence-electron chi connectivity index (χ4n) is 2.64. The molecule has 2 rings (SSSR count). The normalized spacial score (nSPS) is 23.1. The Morgan fingerprint density at radius 2 is 2.40 bits per heavy atom. The molecule has 112 valence electrons. The van der Waals surface area contributed by atoms with E-state index < -0.39 is 0 Å². The van der Waals surface area contributed by atoms with Crippen molar-refractivity contribution in [1.82, 2.24) is 14.7 Å². The summed E-state index contributed by atoms with van der Waals surface area (Å²) >= 11 is 0. The molecule has 1 amide bonds. The molecule has 1 unspecified atom stereocenters. The molecule has 1 aliphatic heterocycles. The second kappa shape index (κ2) is 6.37. The molecule has 3 N–H and O–H groups in total. The molecule has 0 bridgehead atoms. The fourth-order valence-corrected chi connectivity index (χ4v) is 2.64. The maximum atomic E-state index is 12.1. The van der Waals surface area contributed by atoms with Crippen molar-refractivity contribution in [3.05, 3.63) is 12.3 Å². The quantitative estimate of drug-likeness (QED) is 0.811. The van der Waals surface area contributed by atoms with Crippen molar-refractivity contribution in [2.45, 2.75) is 33.2 Å². The maximum absolute atomic E-state index is 12.1. The largest absolute Gasteiger partial charge is 0.330 e. The number of rotatable bonds is 6. The molecule has 1 fully saturated rings. The molecule has 2 heterocycles. The minimum Gasteiger partial charge on any atom is -0.330 e. The molecular formula is C14H25N5O. The van der Waals surface area contributed by atoms with Gasteiger partial charge in [-0.05, 0) is 31.3 Å². The van der Waals surface area contributed by atoms with E-state index in [1.807, 2.05) is 10.7 Å². The first-order chi connectivity index (χ1) is 9.56. The summed E-state index contributed by atoms with van der Waals surface area (Å²) in [6.45, 7) is 8.02. The van der Waals surface area contributed by atoms with Gasteiger partial charge in [-0.15, -0.1) is 0 Å². The summed E-state index contributed by atoms with van der Waals surface area (Å²) in [6, 6.07) is 1.83. The number of aromatic nitrogens is 2. The molecule has 1 aromatic heterocycles. The summed E-state index contributed by atoms with van der Waals surface area (Å²) < 4.78 is 1.83. The average molecular weight is 279 g/mol. The number of hydrogen-bond donors (Lipinski definition) is 2. The van der Waals surface area contributed by atoms with Crippen LogP contribution in [-0.4, -0.2) is 46.8 Å². The van der Waals surface area contributed by atoms with E-state index in [1.165, 1.54) is 0 Å². The number of carbonyl (C=O) groups excluding carboxylic acids is 1. The van der Waals surface area contributed by atoms with Crippen LogP contribution in [0.1, 0.15) is 26.7 Å². The lowest BCUT2D eigenvalue weighted by Crippen LogP contribution is -2.35. The molecule has 0 saturated carbocycles. The van der Waals surface area contributed by atoms with Crippen LogP contribution in [0.2, 0.25) is 0 Å². The number of anilines is 1. The number of nitrogens with two attached hydrogens (primary N) is 1. The third kappa shape index (κ3) is 3.58. The van der Waals surface area contributed by atoms with Crippen molar-refractivity contribution in [3.8, 4) is 0 Å². The molecular weight excluding hydrogens is 254 g/mol. The maximum Gasteiger partial charge on any atom is 0.239 e. The SMILES string of the molecule is CCCn1nccc1NC(=O)CN1CCC(C)(CN)C1. The van der Waals surface area contributed by atoms with Gasteiger partial charge < -0.3 is 11.1 Å². The first-order valence-electron chi connectivity index (χ1n) is 7.30. The lowest BCUT2D eigenvalue weighted by Gasteiger charge is -2.22. The molecule has 1 atom stereocenters. The third-order valence-corrected chi connectivity index (χ3v) is 3.92. The summed E-state index contributed by atoms with van der Waals surface area (Å²) in [4.78, 5) is 14.3. The van der Waals surface area contributed by atoms with Crippen LogP contribution in [-0.2, 0) is 11.3 Å². The topological polar surface area (TPSA) is 76.2 Å². The van der Waals surface area contributed by atoms with E-state index in [2.05, 4.69) is 29.2 Å². The van der Waals surface area contributed by atoms with Crippen molar-refractivity contribution >= 4 is 11.7 Å². The minimum absolute atomic E-state index is 0.0177. The Morgan fingerprint density at radius 1 is 1.60 bits per heavy atom. The van der Waals surface area contributed by atoms with Gasteiger partial charge >= 0.3 is 0 Å². The standard InChI is InChI=1S/C14H25N5O/c1-3-7-19-12(4-6-16-19)17-13(20)9-18-8-5-14(2,10-15)11-18/h4,6H,3,5,7-11,15H2,1-2H3,(H,17,20). The summed E-state index contributed by atoms with van der Waals surface area (Å²) in [5.41, 5.74) is 5.94. The van der Waals surface area contributed by atoms with Crippen LogP contribution in [0.15, 0.2) is 12.3 Å². The number of nitrogens with one attached hydrogen (secondary N) is 1. The van der Waals surface area contributed by atoms with Crippen molar-refractivity contribution in [3.63, 3.8) is 0 Å². The Balaban J connectivity index is 1.85. The van der Waals surface area contributed by atoms with Gasteiger partial charge in [0.15, 0.2) is 0 Å². The number of nitrogens with zero attached hydrogens (tertiary/aromatic N) is 3. The number of carbonyl (C=O) groups is 1. The first kappa shape index (κ1) is 15.0. The van der Waals surface area contributed by atoms with Crippen LogP contribution < -0.4 is 11.1 Å². The van der Waals surface area contributed by atoms with Gasteiger partial charge in [0.05, 0.1) is 12.7 Å². The molecule has 6 nitrogen and oxygen atoms in total. The van der Waals surface area contributed by atoms with E-state index in [0.29, 0.717) is 13.1 Å². The molecule has 0 spiro atoms. The minimum atomic E-state index is 0.0177. The Hall–Kier alpha value is -1.40. The molecule has 0 radical (unpaired) electrons. The number of amides is 1. The van der Waals surface area contributed by atoms with Gasteiger partial charge in [-0.3, -0.25) is 9.69 Å². The molecule has 0 aromatic carbocycles. The highest BCUT2D eigenvalue weighted by Crippen LogP contribution is 2.28. The Morgan fingerprint density at radius 3 is 3.05 bits per heavy atom. The van der Waals surface area contributed by atoms with Gasteiger partial charge in [0, 0.05) is 19.2 Å². The van der Waals surface area contributed by atoms with Crippen molar-refractivity contribution in [1.29, 1.82) is 0 Å². The van der Waals surface area contributed by atoms with E-state index in [1.54, 1.807) is 6.20 Å². The van der Waals surface area contributed by atoms with E-state index in [9.17, 15) is 4.79 Å². The predicted molar refractivity (Wildman–Crippen MR) is 79.4 cm³/mol. The van der Waals surface area contributed by atoms with Gasteiger partial charge in [-0.2, -0.15) is 5.10 Å². The molecule has 1 saturated heterocycles. The molecule has 1 aliphatic rings. The fraction of sp³-hybridized carbons (Fsp3) is 0.714. The van der Waals surface area contributed by atoms with Gasteiger partial charge in [0.25, 0.3) is 0 Å². The van der Waals surface area contributed by atoms with E-state index in [4.69, 9.17) is 5.73 Å². The van der Waals surface area contributed by atoms with E-state index >= 15 is 0 Å². The average Bonchev–Trinajstić information content (AvgIpc) is 2.99. The Labute approximate surface area is 120 Å². The van der Waals surface area contributed by atoms with Gasteiger partial charge in [0.2, 0.25) is 5.91 Å². The van der Waals surface area contributed by atoms with Crippen LogP contribution in [0.3, 0.4) is 0 Å². The first-order valence-corrected chi connectivity index (χ1v) is 7.30. The van der Waals surface area contributed by atoms with Crippen molar-refractivity contribution < 1.29 is 4.79 Å². The van der Waals surface area contributed by atoms with Crippen LogP contribution in [0.4, 0.5) is 5.82 Å². The van der Waals surface area contributed by atoms with Crippen LogP contribution >= 0.6 is 0 Å². The molecule has 20 heavy (non-hydrogen) atoms. The second-order valence-corrected chi connectivity index (χ2v) is 5.96. The van der Waals surface area contributed by atoms with Gasteiger partial charge in [-0.25, -0.2) is 4.68 Å². The van der Waals surface area contributed by atoms with Crippen molar-refractivity contribution in [2.75, 3.05) is 31.5 Å². The molecule has 1 aromatic rings. The number of aryl methyl sites for hydroxylation is 1. The lowest BCUT2D eigenvalue weighted by molar-refractivity contribution is -0.117. The second-order valence-electron chi connectivity index (χ2n) is 5.96.